The van der Waals surface area contributed by atoms with Crippen LogP contribution in [0.2, 0.25) is 0 Å². The Labute approximate surface area is 143 Å². The van der Waals surface area contributed by atoms with Gasteiger partial charge in [-0.3, -0.25) is 0 Å². The summed E-state index contributed by atoms with van der Waals surface area (Å²) in [7, 11) is 4.31. The second-order valence-corrected chi connectivity index (χ2v) is 6.94. The van der Waals surface area contributed by atoms with E-state index in [1.54, 1.807) is 0 Å². The van der Waals surface area contributed by atoms with Gasteiger partial charge in [0.15, 0.2) is 0 Å². The number of rotatable bonds is 2. The number of aryl methyl sites for hydroxylation is 1. The van der Waals surface area contributed by atoms with Crippen LogP contribution in [0, 0.1) is 6.92 Å². The van der Waals surface area contributed by atoms with Gasteiger partial charge in [-0.15, -0.1) is 0 Å². The number of nitrogens with zero attached hydrogens (tertiary/aromatic N) is 4. The molecule has 1 fully saturated rings. The summed E-state index contributed by atoms with van der Waals surface area (Å²) < 4.78 is 5.99. The van der Waals surface area contributed by atoms with E-state index in [4.69, 9.17) is 9.72 Å². The molecule has 2 aromatic rings. The molecule has 0 saturated carbocycles. The Hall–Kier alpha value is -2.14. The van der Waals surface area contributed by atoms with Gasteiger partial charge < -0.3 is 14.5 Å². The first kappa shape index (κ1) is 15.4. The highest BCUT2D eigenvalue weighted by molar-refractivity contribution is 5.54. The molecule has 0 aliphatic carbocycles. The molecule has 24 heavy (non-hydrogen) atoms. The molecule has 1 aromatic heterocycles. The molecule has 5 nitrogen and oxygen atoms in total. The highest BCUT2D eigenvalue weighted by Gasteiger charge is 2.29. The van der Waals surface area contributed by atoms with E-state index in [2.05, 4.69) is 41.0 Å². The molecule has 1 saturated heterocycles. The molecule has 1 unspecified atom stereocenters. The second kappa shape index (κ2) is 6.06. The van der Waals surface area contributed by atoms with E-state index in [1.807, 2.05) is 19.1 Å². The summed E-state index contributed by atoms with van der Waals surface area (Å²) in [4.78, 5) is 14.2. The molecule has 126 valence electrons. The van der Waals surface area contributed by atoms with Crippen molar-refractivity contribution < 1.29 is 4.74 Å². The van der Waals surface area contributed by atoms with Crippen molar-refractivity contribution >= 4 is 5.82 Å². The molecular weight excluding hydrogens is 300 g/mol. The van der Waals surface area contributed by atoms with Crippen LogP contribution in [0.5, 0.6) is 5.75 Å². The molecule has 1 atom stereocenters. The Morgan fingerprint density at radius 3 is 2.83 bits per heavy atom. The van der Waals surface area contributed by atoms with Crippen molar-refractivity contribution in [2.24, 2.45) is 0 Å². The predicted molar refractivity (Wildman–Crippen MR) is 94.7 cm³/mol. The number of benzene rings is 1. The van der Waals surface area contributed by atoms with Gasteiger partial charge in [0.25, 0.3) is 0 Å². The van der Waals surface area contributed by atoms with E-state index in [9.17, 15) is 0 Å². The third-order valence-corrected chi connectivity index (χ3v) is 5.08. The van der Waals surface area contributed by atoms with Gasteiger partial charge in [0.2, 0.25) is 0 Å². The van der Waals surface area contributed by atoms with Crippen molar-refractivity contribution in [3.63, 3.8) is 0 Å². The largest absolute Gasteiger partial charge is 0.487 e. The maximum Gasteiger partial charge on any atom is 0.136 e. The van der Waals surface area contributed by atoms with Crippen molar-refractivity contribution in [2.45, 2.75) is 32.4 Å². The summed E-state index contributed by atoms with van der Waals surface area (Å²) >= 11 is 0. The third kappa shape index (κ3) is 2.73. The van der Waals surface area contributed by atoms with Crippen LogP contribution < -0.4 is 9.64 Å². The number of anilines is 1. The fraction of sp³-hybridized carbons (Fsp3) is 0.474. The fourth-order valence-electron chi connectivity index (χ4n) is 3.68. The molecule has 0 bridgehead atoms. The minimum Gasteiger partial charge on any atom is -0.487 e. The van der Waals surface area contributed by atoms with Crippen LogP contribution in [0.15, 0.2) is 24.3 Å². The highest BCUT2D eigenvalue weighted by Crippen LogP contribution is 2.33. The molecular formula is C19H24N4O. The van der Waals surface area contributed by atoms with Crippen molar-refractivity contribution in [2.75, 3.05) is 32.1 Å². The van der Waals surface area contributed by atoms with E-state index in [1.165, 1.54) is 17.5 Å². The standard InChI is InChI=1S/C19H24N4O/c1-13-20-17-12-24-18-7-5-4-6-14(18)10-16(17)19(21-13)23-9-8-15(11-23)22(2)3/h4-7,15H,8-12H2,1-3H3. The van der Waals surface area contributed by atoms with E-state index in [-0.39, 0.29) is 0 Å². The molecule has 3 heterocycles. The Morgan fingerprint density at radius 2 is 2.04 bits per heavy atom. The van der Waals surface area contributed by atoms with Crippen LogP contribution in [0.25, 0.3) is 0 Å². The Kier molecular flexibility index (Phi) is 3.88. The topological polar surface area (TPSA) is 41.5 Å². The van der Waals surface area contributed by atoms with E-state index in [0.29, 0.717) is 12.6 Å². The minimum absolute atomic E-state index is 0.521. The van der Waals surface area contributed by atoms with Crippen molar-refractivity contribution in [3.8, 4) is 5.75 Å². The zero-order chi connectivity index (χ0) is 16.7. The lowest BCUT2D eigenvalue weighted by Crippen LogP contribution is -2.32. The number of ether oxygens (including phenoxy) is 1. The summed E-state index contributed by atoms with van der Waals surface area (Å²) in [6, 6.07) is 8.86. The average molecular weight is 324 g/mol. The number of para-hydroxylation sites is 1. The summed E-state index contributed by atoms with van der Waals surface area (Å²) in [5, 5.41) is 0. The summed E-state index contributed by atoms with van der Waals surface area (Å²) in [5.74, 6) is 2.89. The fourth-order valence-corrected chi connectivity index (χ4v) is 3.68. The van der Waals surface area contributed by atoms with E-state index < -0.39 is 0 Å². The first-order valence-corrected chi connectivity index (χ1v) is 8.60. The average Bonchev–Trinajstić information content (AvgIpc) is 2.98. The number of likely N-dealkylation sites (N-methyl/N-ethyl adjacent to an activating group) is 1. The number of hydrogen-bond acceptors (Lipinski definition) is 5. The first-order chi connectivity index (χ1) is 11.6. The highest BCUT2D eigenvalue weighted by atomic mass is 16.5. The Bertz CT molecular complexity index is 759. The molecule has 5 heteroatoms. The lowest BCUT2D eigenvalue weighted by atomic mass is 10.0. The normalized spacial score (nSPS) is 19.7. The maximum atomic E-state index is 5.99. The van der Waals surface area contributed by atoms with Gasteiger partial charge in [-0.1, -0.05) is 18.2 Å². The Balaban J connectivity index is 1.73. The first-order valence-electron chi connectivity index (χ1n) is 8.60. The SMILES string of the molecule is Cc1nc2c(c(N3CCC(N(C)C)C3)n1)Cc1ccccc1OC2. The number of fused-ring (bicyclic) bond motifs is 2. The van der Waals surface area contributed by atoms with Crippen LogP contribution >= 0.6 is 0 Å². The van der Waals surface area contributed by atoms with Crippen LogP contribution in [-0.4, -0.2) is 48.1 Å². The van der Waals surface area contributed by atoms with Crippen LogP contribution in [0.4, 0.5) is 5.82 Å². The molecule has 1 aromatic carbocycles. The smallest absolute Gasteiger partial charge is 0.136 e. The lowest BCUT2D eigenvalue weighted by Gasteiger charge is -2.24. The zero-order valence-electron chi connectivity index (χ0n) is 14.6. The van der Waals surface area contributed by atoms with Crippen molar-refractivity contribution in [1.82, 2.24) is 14.9 Å². The molecule has 0 spiro atoms. The molecule has 4 rings (SSSR count). The molecule has 0 amide bonds. The predicted octanol–water partition coefficient (Wildman–Crippen LogP) is 2.41. The van der Waals surface area contributed by atoms with Gasteiger partial charge in [0, 0.05) is 31.1 Å². The summed E-state index contributed by atoms with van der Waals surface area (Å²) in [6.07, 6.45) is 2.02. The third-order valence-electron chi connectivity index (χ3n) is 5.08. The van der Waals surface area contributed by atoms with Crippen LogP contribution in [-0.2, 0) is 13.0 Å². The van der Waals surface area contributed by atoms with E-state index >= 15 is 0 Å². The molecule has 2 aliphatic heterocycles. The van der Waals surface area contributed by atoms with Gasteiger partial charge in [0.05, 0.1) is 5.69 Å². The summed E-state index contributed by atoms with van der Waals surface area (Å²) in [5.41, 5.74) is 3.47. The zero-order valence-corrected chi connectivity index (χ0v) is 14.6. The van der Waals surface area contributed by atoms with Crippen LogP contribution in [0.3, 0.4) is 0 Å². The minimum atomic E-state index is 0.521. The summed E-state index contributed by atoms with van der Waals surface area (Å²) in [6.45, 7) is 4.57. The lowest BCUT2D eigenvalue weighted by molar-refractivity contribution is 0.301. The van der Waals surface area contributed by atoms with E-state index in [0.717, 1.165) is 42.6 Å². The van der Waals surface area contributed by atoms with Gasteiger partial charge >= 0.3 is 0 Å². The molecule has 0 radical (unpaired) electrons. The molecule has 0 N–H and O–H groups in total. The molecule has 2 aliphatic rings. The van der Waals surface area contributed by atoms with Gasteiger partial charge in [-0.2, -0.15) is 0 Å². The monoisotopic (exact) mass is 324 g/mol. The number of aromatic nitrogens is 2. The quantitative estimate of drug-likeness (QED) is 0.848. The van der Waals surface area contributed by atoms with Crippen LogP contribution in [0.1, 0.15) is 29.1 Å². The number of hydrogen-bond donors (Lipinski definition) is 0. The van der Waals surface area contributed by atoms with Gasteiger partial charge in [-0.25, -0.2) is 9.97 Å². The second-order valence-electron chi connectivity index (χ2n) is 6.94. The maximum absolute atomic E-state index is 5.99. The van der Waals surface area contributed by atoms with Crippen molar-refractivity contribution in [1.29, 1.82) is 0 Å². The van der Waals surface area contributed by atoms with Gasteiger partial charge in [0.1, 0.15) is 24.0 Å². The van der Waals surface area contributed by atoms with Gasteiger partial charge in [-0.05, 0) is 39.1 Å². The van der Waals surface area contributed by atoms with Crippen molar-refractivity contribution in [3.05, 3.63) is 46.9 Å². The Morgan fingerprint density at radius 1 is 1.21 bits per heavy atom.